The first kappa shape index (κ1) is 14.1. The minimum Gasteiger partial charge on any atom is -0.488 e. The van der Waals surface area contributed by atoms with Crippen LogP contribution in [0.4, 0.5) is 0 Å². The van der Waals surface area contributed by atoms with Gasteiger partial charge in [0, 0.05) is 18.8 Å². The van der Waals surface area contributed by atoms with Gasteiger partial charge in [-0.15, -0.1) is 0 Å². The minimum atomic E-state index is 0.437. The molecule has 0 radical (unpaired) electrons. The third-order valence-corrected chi connectivity index (χ3v) is 3.49. The highest BCUT2D eigenvalue weighted by molar-refractivity contribution is 5.82. The zero-order valence-electron chi connectivity index (χ0n) is 12.3. The van der Waals surface area contributed by atoms with Gasteiger partial charge in [-0.1, -0.05) is 30.3 Å². The van der Waals surface area contributed by atoms with Crippen molar-refractivity contribution in [2.45, 2.75) is 6.61 Å². The van der Waals surface area contributed by atoms with Gasteiger partial charge >= 0.3 is 0 Å². The fourth-order valence-electron chi connectivity index (χ4n) is 2.32. The van der Waals surface area contributed by atoms with Crippen LogP contribution in [0.5, 0.6) is 5.75 Å². The average molecular weight is 292 g/mol. The molecule has 4 heteroatoms. The normalized spacial score (nSPS) is 10.4. The van der Waals surface area contributed by atoms with Crippen molar-refractivity contribution in [3.63, 3.8) is 0 Å². The topological polar surface area (TPSA) is 44.1 Å². The predicted octanol–water partition coefficient (Wildman–Crippen LogP) is 3.48. The smallest absolute Gasteiger partial charge is 0.153 e. The fourth-order valence-corrected chi connectivity index (χ4v) is 2.32. The van der Waals surface area contributed by atoms with Gasteiger partial charge in [-0.05, 0) is 29.8 Å². The molecule has 0 atom stereocenters. The number of aldehydes is 1. The molecule has 4 nitrogen and oxygen atoms in total. The van der Waals surface area contributed by atoms with E-state index in [1.807, 2.05) is 61.6 Å². The lowest BCUT2D eigenvalue weighted by Crippen LogP contribution is -1.99. The maximum atomic E-state index is 11.3. The lowest BCUT2D eigenvalue weighted by molar-refractivity contribution is 0.111. The molecule has 22 heavy (non-hydrogen) atoms. The van der Waals surface area contributed by atoms with E-state index in [9.17, 15) is 4.79 Å². The number of aromatic nitrogens is 2. The van der Waals surface area contributed by atoms with Gasteiger partial charge in [-0.2, -0.15) is 5.10 Å². The second kappa shape index (κ2) is 6.26. The predicted molar refractivity (Wildman–Crippen MR) is 84.8 cm³/mol. The van der Waals surface area contributed by atoms with E-state index in [1.165, 1.54) is 0 Å². The quantitative estimate of drug-likeness (QED) is 0.676. The van der Waals surface area contributed by atoms with Crippen molar-refractivity contribution in [3.05, 3.63) is 71.9 Å². The molecule has 0 unspecified atom stereocenters. The highest BCUT2D eigenvalue weighted by Gasteiger charge is 2.08. The van der Waals surface area contributed by atoms with Crippen molar-refractivity contribution in [3.8, 4) is 17.0 Å². The Morgan fingerprint density at radius 2 is 1.95 bits per heavy atom. The van der Waals surface area contributed by atoms with Crippen LogP contribution in [0.2, 0.25) is 0 Å². The van der Waals surface area contributed by atoms with Gasteiger partial charge in [0.05, 0.1) is 11.3 Å². The summed E-state index contributed by atoms with van der Waals surface area (Å²) < 4.78 is 7.54. The molecule has 110 valence electrons. The number of carbonyl (C=O) groups excluding carboxylic acids is 1. The SMILES string of the molecule is Cn1nccc1-c1ccc(OCc2ccccc2)c(C=O)c1. The third-order valence-electron chi connectivity index (χ3n) is 3.49. The first-order valence-electron chi connectivity index (χ1n) is 7.02. The summed E-state index contributed by atoms with van der Waals surface area (Å²) in [6, 6.07) is 17.4. The van der Waals surface area contributed by atoms with Gasteiger partial charge in [0.1, 0.15) is 12.4 Å². The van der Waals surface area contributed by atoms with Crippen molar-refractivity contribution in [2.75, 3.05) is 0 Å². The molecule has 0 amide bonds. The molecule has 0 aliphatic carbocycles. The maximum absolute atomic E-state index is 11.3. The van der Waals surface area contributed by atoms with Crippen molar-refractivity contribution in [1.29, 1.82) is 0 Å². The summed E-state index contributed by atoms with van der Waals surface area (Å²) in [4.78, 5) is 11.3. The Morgan fingerprint density at radius 1 is 1.14 bits per heavy atom. The number of hydrogen-bond acceptors (Lipinski definition) is 3. The molecule has 0 saturated heterocycles. The molecular weight excluding hydrogens is 276 g/mol. The molecule has 0 aliphatic rings. The highest BCUT2D eigenvalue weighted by Crippen LogP contribution is 2.26. The van der Waals surface area contributed by atoms with Gasteiger partial charge < -0.3 is 4.74 Å². The number of nitrogens with zero attached hydrogens (tertiary/aromatic N) is 2. The molecule has 2 aromatic carbocycles. The van der Waals surface area contributed by atoms with Gasteiger partial charge in [0.25, 0.3) is 0 Å². The molecule has 3 rings (SSSR count). The fraction of sp³-hybridized carbons (Fsp3) is 0.111. The van der Waals surface area contributed by atoms with Gasteiger partial charge in [-0.3, -0.25) is 9.48 Å². The summed E-state index contributed by atoms with van der Waals surface area (Å²) in [5.41, 5.74) is 3.50. The Bertz CT molecular complexity index is 779. The Morgan fingerprint density at radius 3 is 2.64 bits per heavy atom. The van der Waals surface area contributed by atoms with Crippen LogP contribution in [-0.2, 0) is 13.7 Å². The molecule has 0 bridgehead atoms. The van der Waals surface area contributed by atoms with E-state index in [4.69, 9.17) is 4.74 Å². The number of aryl methyl sites for hydroxylation is 1. The number of hydrogen-bond donors (Lipinski definition) is 0. The molecule has 0 fully saturated rings. The average Bonchev–Trinajstić information content (AvgIpc) is 3.00. The van der Waals surface area contributed by atoms with E-state index < -0.39 is 0 Å². The van der Waals surface area contributed by atoms with Crippen LogP contribution in [0.3, 0.4) is 0 Å². The number of ether oxygens (including phenoxy) is 1. The molecular formula is C18H16N2O2. The monoisotopic (exact) mass is 292 g/mol. The Balaban J connectivity index is 1.83. The highest BCUT2D eigenvalue weighted by atomic mass is 16.5. The number of rotatable bonds is 5. The summed E-state index contributed by atoms with van der Waals surface area (Å²) in [6.45, 7) is 0.437. The maximum Gasteiger partial charge on any atom is 0.153 e. The standard InChI is InChI=1S/C18H16N2O2/c1-20-17(9-10-19-20)15-7-8-18(16(11-15)12-21)22-13-14-5-3-2-4-6-14/h2-12H,13H2,1H3. The molecule has 1 aromatic heterocycles. The molecule has 1 heterocycles. The van der Waals surface area contributed by atoms with Crippen molar-refractivity contribution >= 4 is 6.29 Å². The van der Waals surface area contributed by atoms with Crippen LogP contribution in [0.15, 0.2) is 60.8 Å². The van der Waals surface area contributed by atoms with E-state index in [0.717, 1.165) is 23.1 Å². The van der Waals surface area contributed by atoms with E-state index in [-0.39, 0.29) is 0 Å². The molecule has 0 aliphatic heterocycles. The van der Waals surface area contributed by atoms with Crippen molar-refractivity contribution < 1.29 is 9.53 Å². The van der Waals surface area contributed by atoms with Gasteiger partial charge in [-0.25, -0.2) is 0 Å². The Labute approximate surface area is 129 Å². The van der Waals surface area contributed by atoms with Crippen LogP contribution >= 0.6 is 0 Å². The van der Waals surface area contributed by atoms with Gasteiger partial charge in [0.15, 0.2) is 6.29 Å². The van der Waals surface area contributed by atoms with Crippen LogP contribution in [0.25, 0.3) is 11.3 Å². The summed E-state index contributed by atoms with van der Waals surface area (Å²) >= 11 is 0. The van der Waals surface area contributed by atoms with Crippen LogP contribution in [-0.4, -0.2) is 16.1 Å². The Hall–Kier alpha value is -2.88. The van der Waals surface area contributed by atoms with Crippen LogP contribution in [0.1, 0.15) is 15.9 Å². The van der Waals surface area contributed by atoms with E-state index in [2.05, 4.69) is 5.10 Å². The minimum absolute atomic E-state index is 0.437. The first-order chi connectivity index (χ1) is 10.8. The zero-order valence-corrected chi connectivity index (χ0v) is 12.3. The number of carbonyl (C=O) groups is 1. The second-order valence-corrected chi connectivity index (χ2v) is 4.98. The summed E-state index contributed by atoms with van der Waals surface area (Å²) in [6.07, 6.45) is 2.55. The lowest BCUT2D eigenvalue weighted by atomic mass is 10.1. The molecule has 0 spiro atoms. The van der Waals surface area contributed by atoms with E-state index in [0.29, 0.717) is 17.9 Å². The zero-order chi connectivity index (χ0) is 15.4. The first-order valence-corrected chi connectivity index (χ1v) is 7.02. The van der Waals surface area contributed by atoms with Crippen molar-refractivity contribution in [2.24, 2.45) is 7.05 Å². The summed E-state index contributed by atoms with van der Waals surface area (Å²) in [7, 11) is 1.87. The summed E-state index contributed by atoms with van der Waals surface area (Å²) in [5, 5.41) is 4.14. The molecule has 0 saturated carbocycles. The third kappa shape index (κ3) is 2.91. The van der Waals surface area contributed by atoms with Crippen molar-refractivity contribution in [1.82, 2.24) is 9.78 Å². The largest absolute Gasteiger partial charge is 0.488 e. The van der Waals surface area contributed by atoms with Crippen LogP contribution < -0.4 is 4.74 Å². The molecule has 0 N–H and O–H groups in total. The number of benzene rings is 2. The Kier molecular flexibility index (Phi) is 4.01. The van der Waals surface area contributed by atoms with E-state index in [1.54, 1.807) is 10.9 Å². The van der Waals surface area contributed by atoms with Gasteiger partial charge in [0.2, 0.25) is 0 Å². The van der Waals surface area contributed by atoms with E-state index >= 15 is 0 Å². The lowest BCUT2D eigenvalue weighted by Gasteiger charge is -2.10. The van der Waals surface area contributed by atoms with Crippen LogP contribution in [0, 0.1) is 0 Å². The summed E-state index contributed by atoms with van der Waals surface area (Å²) in [5.74, 6) is 0.588. The second-order valence-electron chi connectivity index (χ2n) is 4.98. The molecule has 3 aromatic rings.